The van der Waals surface area contributed by atoms with E-state index in [-0.39, 0.29) is 34.8 Å². The standard InChI is InChI=1S/C34H40FNO5/c1-33(2)16-24-31(26(37)18-33)30(32-25(36(24)13-14-39-5)17-34(3,4)19-27(32)38)21-11-12-28(29(15-21)40-6)41-20-22-9-7-8-10-23(22)35/h7-12,15,30H,13-14,16-20H2,1-6H3. The van der Waals surface area contributed by atoms with Gasteiger partial charge in [-0.05, 0) is 47.4 Å². The van der Waals surface area contributed by atoms with Crippen LogP contribution in [0, 0.1) is 16.6 Å². The molecule has 2 aromatic rings. The minimum absolute atomic E-state index is 0.0476. The number of Topliss-reactive ketones (excluding diaryl/α,β-unsaturated/α-hetero) is 2. The molecule has 0 saturated heterocycles. The number of carbonyl (C=O) groups is 2. The van der Waals surface area contributed by atoms with Crippen LogP contribution in [-0.4, -0.2) is 43.8 Å². The molecule has 1 heterocycles. The van der Waals surface area contributed by atoms with Gasteiger partial charge in [-0.25, -0.2) is 4.39 Å². The summed E-state index contributed by atoms with van der Waals surface area (Å²) >= 11 is 0. The summed E-state index contributed by atoms with van der Waals surface area (Å²) in [6.45, 7) is 9.63. The molecule has 3 aliphatic rings. The highest BCUT2D eigenvalue weighted by molar-refractivity contribution is 6.06. The highest BCUT2D eigenvalue weighted by Crippen LogP contribution is 2.54. The van der Waals surface area contributed by atoms with E-state index in [1.165, 1.54) is 6.07 Å². The van der Waals surface area contributed by atoms with Crippen molar-refractivity contribution in [2.24, 2.45) is 10.8 Å². The Morgan fingerprint density at radius 2 is 1.46 bits per heavy atom. The van der Waals surface area contributed by atoms with E-state index in [1.807, 2.05) is 12.1 Å². The quantitative estimate of drug-likeness (QED) is 0.356. The third-order valence-electron chi connectivity index (χ3n) is 8.40. The number of hydrogen-bond acceptors (Lipinski definition) is 6. The van der Waals surface area contributed by atoms with Crippen LogP contribution in [0.2, 0.25) is 0 Å². The maximum absolute atomic E-state index is 14.2. The predicted molar refractivity (Wildman–Crippen MR) is 155 cm³/mol. The van der Waals surface area contributed by atoms with Crippen LogP contribution in [0.15, 0.2) is 65.0 Å². The largest absolute Gasteiger partial charge is 0.493 e. The molecule has 6 nitrogen and oxygen atoms in total. The first-order valence-corrected chi connectivity index (χ1v) is 14.3. The molecule has 1 aliphatic heterocycles. The SMILES string of the molecule is COCCN1C2=C(C(=O)CC(C)(C)C2)C(c2ccc(OCc3ccccc3F)c(OC)c2)C2=C1CC(C)(C)CC2=O. The molecule has 41 heavy (non-hydrogen) atoms. The number of ketones is 2. The number of benzene rings is 2. The fourth-order valence-electron chi connectivity index (χ4n) is 6.59. The lowest BCUT2D eigenvalue weighted by Gasteiger charge is -2.49. The molecule has 0 bridgehead atoms. The lowest BCUT2D eigenvalue weighted by atomic mass is 9.63. The van der Waals surface area contributed by atoms with Gasteiger partial charge in [0.05, 0.1) is 13.7 Å². The molecule has 7 heteroatoms. The summed E-state index contributed by atoms with van der Waals surface area (Å²) in [6, 6.07) is 12.1. The molecule has 0 spiro atoms. The number of halogens is 1. The second-order valence-electron chi connectivity index (χ2n) is 13.0. The Balaban J connectivity index is 1.62. The van der Waals surface area contributed by atoms with Crippen molar-refractivity contribution < 1.29 is 28.2 Å². The van der Waals surface area contributed by atoms with Gasteiger partial charge in [-0.2, -0.15) is 0 Å². The maximum Gasteiger partial charge on any atom is 0.162 e. The molecule has 0 amide bonds. The second kappa shape index (κ2) is 11.1. The van der Waals surface area contributed by atoms with Crippen LogP contribution < -0.4 is 9.47 Å². The molecule has 0 unspecified atom stereocenters. The van der Waals surface area contributed by atoms with E-state index in [0.29, 0.717) is 54.2 Å². The molecule has 0 atom stereocenters. The van der Waals surface area contributed by atoms with Crippen LogP contribution >= 0.6 is 0 Å². The molecule has 0 N–H and O–H groups in total. The molecule has 2 aromatic carbocycles. The monoisotopic (exact) mass is 561 g/mol. The van der Waals surface area contributed by atoms with E-state index in [0.717, 1.165) is 29.8 Å². The predicted octanol–water partition coefficient (Wildman–Crippen LogP) is 6.75. The van der Waals surface area contributed by atoms with E-state index in [2.05, 4.69) is 32.6 Å². The zero-order chi connectivity index (χ0) is 29.5. The zero-order valence-corrected chi connectivity index (χ0v) is 24.9. The fourth-order valence-corrected chi connectivity index (χ4v) is 6.59. The third kappa shape index (κ3) is 5.69. The topological polar surface area (TPSA) is 65.1 Å². The molecule has 0 radical (unpaired) electrons. The van der Waals surface area contributed by atoms with E-state index >= 15 is 0 Å². The Morgan fingerprint density at radius 1 is 0.854 bits per heavy atom. The molecule has 218 valence electrons. The van der Waals surface area contributed by atoms with Gasteiger partial charge in [-0.1, -0.05) is 52.0 Å². The van der Waals surface area contributed by atoms with Crippen molar-refractivity contribution in [2.75, 3.05) is 27.4 Å². The van der Waals surface area contributed by atoms with Crippen LogP contribution in [0.1, 0.15) is 70.4 Å². The number of methoxy groups -OCH3 is 2. The van der Waals surface area contributed by atoms with Gasteiger partial charge < -0.3 is 19.1 Å². The lowest BCUT2D eigenvalue weighted by Crippen LogP contribution is -2.45. The van der Waals surface area contributed by atoms with E-state index < -0.39 is 5.92 Å². The summed E-state index contributed by atoms with van der Waals surface area (Å²) in [5.41, 5.74) is 4.27. The van der Waals surface area contributed by atoms with Crippen molar-refractivity contribution in [3.05, 3.63) is 81.9 Å². The average molecular weight is 562 g/mol. The van der Waals surface area contributed by atoms with Crippen LogP contribution in [0.25, 0.3) is 0 Å². The van der Waals surface area contributed by atoms with Crippen molar-refractivity contribution in [1.29, 1.82) is 0 Å². The van der Waals surface area contributed by atoms with Gasteiger partial charge in [-0.3, -0.25) is 9.59 Å². The zero-order valence-electron chi connectivity index (χ0n) is 24.9. The van der Waals surface area contributed by atoms with Gasteiger partial charge in [0.2, 0.25) is 0 Å². The highest BCUT2D eigenvalue weighted by atomic mass is 19.1. The van der Waals surface area contributed by atoms with Gasteiger partial charge in [0.15, 0.2) is 23.1 Å². The number of ether oxygens (including phenoxy) is 3. The smallest absolute Gasteiger partial charge is 0.162 e. The van der Waals surface area contributed by atoms with Crippen molar-refractivity contribution in [1.82, 2.24) is 4.90 Å². The van der Waals surface area contributed by atoms with Gasteiger partial charge in [-0.15, -0.1) is 0 Å². The molecule has 0 saturated carbocycles. The van der Waals surface area contributed by atoms with Crippen molar-refractivity contribution in [3.8, 4) is 11.5 Å². The third-order valence-corrected chi connectivity index (χ3v) is 8.40. The molecule has 2 aliphatic carbocycles. The van der Waals surface area contributed by atoms with Crippen LogP contribution in [0.5, 0.6) is 11.5 Å². The summed E-state index contributed by atoms with van der Waals surface area (Å²) < 4.78 is 31.3. The minimum atomic E-state index is -0.486. The fraction of sp³-hybridized carbons (Fsp3) is 0.471. The number of allylic oxidation sites excluding steroid dienone is 4. The Morgan fingerprint density at radius 3 is 2.02 bits per heavy atom. The molecule has 0 fully saturated rings. The van der Waals surface area contributed by atoms with Gasteiger partial charge in [0.1, 0.15) is 12.4 Å². The van der Waals surface area contributed by atoms with E-state index in [4.69, 9.17) is 14.2 Å². The van der Waals surface area contributed by atoms with E-state index in [1.54, 1.807) is 38.5 Å². The summed E-state index contributed by atoms with van der Waals surface area (Å²) in [5.74, 6) is 0.267. The Bertz CT molecular complexity index is 1380. The molecular formula is C34H40FNO5. The molecular weight excluding hydrogens is 521 g/mol. The maximum atomic E-state index is 14.2. The normalized spacial score (nSPS) is 20.2. The number of rotatable bonds is 8. The van der Waals surface area contributed by atoms with Gasteiger partial charge >= 0.3 is 0 Å². The van der Waals surface area contributed by atoms with Crippen molar-refractivity contribution in [2.45, 2.75) is 65.9 Å². The highest BCUT2D eigenvalue weighted by Gasteiger charge is 2.49. The van der Waals surface area contributed by atoms with Crippen molar-refractivity contribution in [3.63, 3.8) is 0 Å². The van der Waals surface area contributed by atoms with Crippen LogP contribution in [0.4, 0.5) is 4.39 Å². The molecule has 5 rings (SSSR count). The lowest BCUT2D eigenvalue weighted by molar-refractivity contribution is -0.119. The van der Waals surface area contributed by atoms with Gasteiger partial charge in [0, 0.05) is 60.5 Å². The van der Waals surface area contributed by atoms with Crippen LogP contribution in [-0.2, 0) is 20.9 Å². The van der Waals surface area contributed by atoms with E-state index in [9.17, 15) is 14.0 Å². The van der Waals surface area contributed by atoms with Crippen LogP contribution in [0.3, 0.4) is 0 Å². The number of carbonyl (C=O) groups excluding carboxylic acids is 2. The summed E-state index contributed by atoms with van der Waals surface area (Å²) in [7, 11) is 3.23. The summed E-state index contributed by atoms with van der Waals surface area (Å²) in [4.78, 5) is 30.1. The first-order chi connectivity index (χ1) is 19.4. The summed E-state index contributed by atoms with van der Waals surface area (Å²) in [6.07, 6.45) is 2.31. The first-order valence-electron chi connectivity index (χ1n) is 14.3. The number of hydrogen-bond donors (Lipinski definition) is 0. The van der Waals surface area contributed by atoms with Crippen molar-refractivity contribution >= 4 is 11.6 Å². The Hall–Kier alpha value is -3.45. The summed E-state index contributed by atoms with van der Waals surface area (Å²) in [5, 5.41) is 0. The van der Waals surface area contributed by atoms with Gasteiger partial charge in [0.25, 0.3) is 0 Å². The Kier molecular flexibility index (Phi) is 7.86. The minimum Gasteiger partial charge on any atom is -0.493 e. The second-order valence-corrected chi connectivity index (χ2v) is 13.0. The average Bonchev–Trinajstić information content (AvgIpc) is 2.90. The Labute approximate surface area is 242 Å². The first kappa shape index (κ1) is 29.1. The molecule has 0 aromatic heterocycles. The number of nitrogens with zero attached hydrogens (tertiary/aromatic N) is 1.